The largest absolute Gasteiger partial charge is 0.385 e. The molecule has 1 N–H and O–H groups in total. The summed E-state index contributed by atoms with van der Waals surface area (Å²) in [6.45, 7) is 1.75. The first kappa shape index (κ1) is 23.2. The minimum absolute atomic E-state index is 0.0619. The Morgan fingerprint density at radius 3 is 2.64 bits per heavy atom. The van der Waals surface area contributed by atoms with E-state index in [9.17, 15) is 13.6 Å². The highest BCUT2D eigenvalue weighted by Crippen LogP contribution is 2.30. The quantitative estimate of drug-likeness (QED) is 0.419. The summed E-state index contributed by atoms with van der Waals surface area (Å²) in [4.78, 5) is 31.2. The van der Waals surface area contributed by atoms with Gasteiger partial charge in [-0.05, 0) is 48.9 Å². The van der Waals surface area contributed by atoms with Crippen LogP contribution < -0.4 is 5.32 Å². The topological polar surface area (TPSA) is 89.4 Å². The summed E-state index contributed by atoms with van der Waals surface area (Å²) < 4.78 is 27.1. The molecule has 0 unspecified atom stereocenters. The van der Waals surface area contributed by atoms with Gasteiger partial charge in [0.2, 0.25) is 0 Å². The number of rotatable bonds is 6. The second-order valence-electron chi connectivity index (χ2n) is 8.38. The number of nitrogens with zero attached hydrogens (tertiary/aromatic N) is 4. The van der Waals surface area contributed by atoms with E-state index in [0.717, 1.165) is 23.5 Å². The monoisotopic (exact) mass is 485 g/mol. The lowest BCUT2D eigenvalue weighted by molar-refractivity contribution is 0.0826. The van der Waals surface area contributed by atoms with Crippen molar-refractivity contribution in [3.05, 3.63) is 113 Å². The molecule has 1 aliphatic rings. The van der Waals surface area contributed by atoms with Crippen molar-refractivity contribution in [2.75, 3.05) is 0 Å². The average molecular weight is 485 g/mol. The van der Waals surface area contributed by atoms with Gasteiger partial charge in [0.15, 0.2) is 6.10 Å². The second-order valence-corrected chi connectivity index (χ2v) is 8.38. The Bertz CT molecular complexity index is 1440. The van der Waals surface area contributed by atoms with Gasteiger partial charge >= 0.3 is 0 Å². The molecule has 3 aromatic heterocycles. The van der Waals surface area contributed by atoms with Crippen LogP contribution in [0.3, 0.4) is 0 Å². The number of nitrogens with one attached hydrogen (secondary N) is 1. The summed E-state index contributed by atoms with van der Waals surface area (Å²) in [7, 11) is 0. The van der Waals surface area contributed by atoms with Gasteiger partial charge in [-0.15, -0.1) is 0 Å². The summed E-state index contributed by atoms with van der Waals surface area (Å²) in [6, 6.07) is 15.4. The van der Waals surface area contributed by atoms with Gasteiger partial charge < -0.3 is 10.2 Å². The van der Waals surface area contributed by atoms with Crippen molar-refractivity contribution in [1.82, 2.24) is 20.3 Å². The molecule has 0 radical (unpaired) electrons. The van der Waals surface area contributed by atoms with E-state index in [4.69, 9.17) is 4.84 Å². The lowest BCUT2D eigenvalue weighted by Gasteiger charge is -2.11. The van der Waals surface area contributed by atoms with Gasteiger partial charge in [0, 0.05) is 41.6 Å². The number of oxime groups is 1. The number of benzene rings is 1. The third-order valence-electron chi connectivity index (χ3n) is 5.72. The zero-order chi connectivity index (χ0) is 25.1. The fourth-order valence-corrected chi connectivity index (χ4v) is 3.82. The normalized spacial score (nSPS) is 14.8. The molecule has 0 aliphatic carbocycles. The number of carbonyl (C=O) groups is 1. The fraction of sp³-hybridized carbons (Fsp3) is 0.148. The Morgan fingerprint density at radius 1 is 1.03 bits per heavy atom. The van der Waals surface area contributed by atoms with E-state index in [-0.39, 0.29) is 18.3 Å². The SMILES string of the molecule is Cc1ccc(-c2cc(C(=O)NCc3ncc(F)cc3F)cc(C3=NO[C@H](c4ccccn4)C3)c2)nc1. The van der Waals surface area contributed by atoms with Crippen LogP contribution in [0.1, 0.15) is 45.4 Å². The highest BCUT2D eigenvalue weighted by molar-refractivity contribution is 6.05. The van der Waals surface area contributed by atoms with Crippen molar-refractivity contribution in [2.45, 2.75) is 26.0 Å². The zero-order valence-electron chi connectivity index (χ0n) is 19.3. The lowest BCUT2D eigenvalue weighted by atomic mass is 9.96. The number of pyridine rings is 3. The molecule has 1 aliphatic heterocycles. The molecular formula is C27H21F2N5O2. The zero-order valence-corrected chi connectivity index (χ0v) is 19.3. The van der Waals surface area contributed by atoms with Gasteiger partial charge in [0.1, 0.15) is 11.6 Å². The Morgan fingerprint density at radius 2 is 1.89 bits per heavy atom. The van der Waals surface area contributed by atoms with E-state index in [1.165, 1.54) is 0 Å². The molecule has 1 aromatic carbocycles. The summed E-state index contributed by atoms with van der Waals surface area (Å²) in [5, 5.41) is 6.91. The summed E-state index contributed by atoms with van der Waals surface area (Å²) in [6.07, 6.45) is 4.50. The van der Waals surface area contributed by atoms with Gasteiger partial charge in [-0.1, -0.05) is 17.3 Å². The molecular weight excluding hydrogens is 464 g/mol. The lowest BCUT2D eigenvalue weighted by Crippen LogP contribution is -2.24. The predicted molar refractivity (Wildman–Crippen MR) is 129 cm³/mol. The van der Waals surface area contributed by atoms with Gasteiger partial charge in [0.05, 0.1) is 35.5 Å². The molecule has 0 bridgehead atoms. The van der Waals surface area contributed by atoms with Crippen molar-refractivity contribution in [2.24, 2.45) is 5.16 Å². The van der Waals surface area contributed by atoms with E-state index in [1.54, 1.807) is 24.5 Å². The maximum atomic E-state index is 14.0. The van der Waals surface area contributed by atoms with Crippen molar-refractivity contribution < 1.29 is 18.4 Å². The van der Waals surface area contributed by atoms with E-state index in [0.29, 0.717) is 34.5 Å². The number of hydrogen-bond donors (Lipinski definition) is 1. The number of aromatic nitrogens is 3. The molecule has 0 saturated heterocycles. The van der Waals surface area contributed by atoms with Crippen LogP contribution in [0.2, 0.25) is 0 Å². The summed E-state index contributed by atoms with van der Waals surface area (Å²) >= 11 is 0. The van der Waals surface area contributed by atoms with Crippen molar-refractivity contribution >= 4 is 11.6 Å². The minimum atomic E-state index is -0.827. The van der Waals surface area contributed by atoms with Gasteiger partial charge in [-0.25, -0.2) is 8.78 Å². The minimum Gasteiger partial charge on any atom is -0.385 e. The highest BCUT2D eigenvalue weighted by Gasteiger charge is 2.26. The van der Waals surface area contributed by atoms with Gasteiger partial charge in [0.25, 0.3) is 5.91 Å². The third-order valence-corrected chi connectivity index (χ3v) is 5.72. The van der Waals surface area contributed by atoms with Crippen LogP contribution in [0.4, 0.5) is 8.78 Å². The molecule has 36 heavy (non-hydrogen) atoms. The molecule has 5 rings (SSSR count). The fourth-order valence-electron chi connectivity index (χ4n) is 3.82. The molecule has 9 heteroatoms. The maximum absolute atomic E-state index is 14.0. The Labute approximate surface area is 205 Å². The Balaban J connectivity index is 1.43. The molecule has 180 valence electrons. The standard InChI is InChI=1S/C27H21F2N5O2/c1-16-5-6-22(31-13-16)17-8-18(24-12-26(36-34-24)23-4-2-3-7-30-23)10-19(9-17)27(35)33-15-25-21(29)11-20(28)14-32-25/h2-11,13-14,26H,12,15H2,1H3,(H,33,35)/t26-/m0/s1. The molecule has 4 aromatic rings. The number of amides is 1. The van der Waals surface area contributed by atoms with Crippen molar-refractivity contribution in [3.8, 4) is 11.3 Å². The van der Waals surface area contributed by atoms with Crippen LogP contribution in [0.25, 0.3) is 11.3 Å². The van der Waals surface area contributed by atoms with Crippen molar-refractivity contribution in [1.29, 1.82) is 0 Å². The number of aryl methyl sites for hydroxylation is 1. The molecule has 0 spiro atoms. The average Bonchev–Trinajstić information content (AvgIpc) is 3.39. The molecule has 0 fully saturated rings. The Hall–Kier alpha value is -4.53. The van der Waals surface area contributed by atoms with Gasteiger partial charge in [-0.3, -0.25) is 19.7 Å². The molecule has 7 nitrogen and oxygen atoms in total. The number of carbonyl (C=O) groups excluding carboxylic acids is 1. The first-order valence-corrected chi connectivity index (χ1v) is 11.3. The third kappa shape index (κ3) is 5.10. The van der Waals surface area contributed by atoms with Crippen LogP contribution in [0, 0.1) is 18.6 Å². The Kier molecular flexibility index (Phi) is 6.44. The number of halogens is 2. The van der Waals surface area contributed by atoms with Gasteiger partial charge in [-0.2, -0.15) is 0 Å². The second kappa shape index (κ2) is 9.99. The molecule has 4 heterocycles. The maximum Gasteiger partial charge on any atom is 0.251 e. The molecule has 0 saturated carbocycles. The number of hydrogen-bond acceptors (Lipinski definition) is 6. The summed E-state index contributed by atoms with van der Waals surface area (Å²) in [5.74, 6) is -2.06. The van der Waals surface area contributed by atoms with Crippen LogP contribution in [-0.2, 0) is 11.4 Å². The van der Waals surface area contributed by atoms with Crippen LogP contribution >= 0.6 is 0 Å². The summed E-state index contributed by atoms with van der Waals surface area (Å²) in [5.41, 5.74) is 4.80. The predicted octanol–water partition coefficient (Wildman–Crippen LogP) is 4.92. The van der Waals surface area contributed by atoms with E-state index in [2.05, 4.69) is 25.4 Å². The van der Waals surface area contributed by atoms with Crippen LogP contribution in [0.15, 0.2) is 78.3 Å². The first-order chi connectivity index (χ1) is 17.5. The van der Waals surface area contributed by atoms with Crippen LogP contribution in [0.5, 0.6) is 0 Å². The first-order valence-electron chi connectivity index (χ1n) is 11.3. The van der Waals surface area contributed by atoms with E-state index in [1.807, 2.05) is 43.3 Å². The van der Waals surface area contributed by atoms with E-state index < -0.39 is 17.5 Å². The molecule has 1 amide bonds. The molecule has 1 atom stereocenters. The van der Waals surface area contributed by atoms with Crippen LogP contribution in [-0.4, -0.2) is 26.6 Å². The highest BCUT2D eigenvalue weighted by atomic mass is 19.1. The smallest absolute Gasteiger partial charge is 0.251 e. The van der Waals surface area contributed by atoms with E-state index >= 15 is 0 Å². The van der Waals surface area contributed by atoms with Crippen molar-refractivity contribution in [3.63, 3.8) is 0 Å².